The molecule has 0 amide bonds. The first-order valence-corrected chi connectivity index (χ1v) is 7.87. The number of nitrogens with zero attached hydrogens (tertiary/aromatic N) is 2. The number of hydrogen-bond acceptors (Lipinski definition) is 5. The second-order valence-corrected chi connectivity index (χ2v) is 5.82. The van der Waals surface area contributed by atoms with E-state index in [1.54, 1.807) is 24.4 Å². The van der Waals surface area contributed by atoms with Crippen LogP contribution in [-0.4, -0.2) is 26.5 Å². The third-order valence-corrected chi connectivity index (χ3v) is 4.24. The second kappa shape index (κ2) is 5.96. The third-order valence-electron chi connectivity index (χ3n) is 4.24. The van der Waals surface area contributed by atoms with E-state index in [0.29, 0.717) is 5.56 Å². The number of hydrogen-bond donors (Lipinski definition) is 1. The highest BCUT2D eigenvalue weighted by molar-refractivity contribution is 6.08. The molecule has 0 saturated heterocycles. The van der Waals surface area contributed by atoms with Crippen LogP contribution in [0.4, 0.5) is 0 Å². The largest absolute Gasteiger partial charge is 0.543 e. The van der Waals surface area contributed by atoms with E-state index in [4.69, 9.17) is 0 Å². The van der Waals surface area contributed by atoms with Crippen molar-refractivity contribution in [2.75, 3.05) is 0 Å². The van der Waals surface area contributed by atoms with Crippen molar-refractivity contribution in [1.29, 1.82) is 0 Å². The Morgan fingerprint density at radius 1 is 1.00 bits per heavy atom. The average Bonchev–Trinajstić information content (AvgIpc) is 3.08. The lowest BCUT2D eigenvalue weighted by atomic mass is 10.1. The molecule has 0 bridgehead atoms. The van der Waals surface area contributed by atoms with E-state index in [1.807, 2.05) is 18.2 Å². The Kier molecular flexibility index (Phi) is 3.62. The summed E-state index contributed by atoms with van der Waals surface area (Å²) in [5, 5.41) is 16.3. The average molecular weight is 346 g/mol. The maximum absolute atomic E-state index is 12.7. The molecule has 0 aliphatic heterocycles. The molecule has 0 atom stereocenters. The number of nitrogens with one attached hydrogen (secondary N) is 1. The van der Waals surface area contributed by atoms with Gasteiger partial charge in [-0.3, -0.25) is 9.59 Å². The molecule has 0 radical (unpaired) electrons. The van der Waals surface area contributed by atoms with Crippen molar-refractivity contribution in [1.82, 2.24) is 14.8 Å². The Hall–Kier alpha value is -3.74. The summed E-state index contributed by atoms with van der Waals surface area (Å²) in [6, 6.07) is 13.5. The Bertz CT molecular complexity index is 1240. The Morgan fingerprint density at radius 2 is 1.65 bits per heavy atom. The van der Waals surface area contributed by atoms with Gasteiger partial charge in [0.2, 0.25) is 0 Å². The molecule has 7 nitrogen and oxygen atoms in total. The lowest BCUT2D eigenvalue weighted by molar-refractivity contribution is -0.255. The predicted octanol–water partition coefficient (Wildman–Crippen LogP) is 1.12. The number of fused-ring (bicyclic) bond motifs is 2. The van der Waals surface area contributed by atoms with Crippen molar-refractivity contribution < 1.29 is 14.7 Å². The zero-order chi connectivity index (χ0) is 18.3. The van der Waals surface area contributed by atoms with Gasteiger partial charge in [0.15, 0.2) is 5.78 Å². The van der Waals surface area contributed by atoms with E-state index >= 15 is 0 Å². The van der Waals surface area contributed by atoms with Crippen molar-refractivity contribution in [3.8, 4) is 0 Å². The minimum Gasteiger partial charge on any atom is -0.543 e. The number of carboxylic acids is 1. The Balaban J connectivity index is 1.82. The fourth-order valence-corrected chi connectivity index (χ4v) is 3.02. The molecule has 0 unspecified atom stereocenters. The van der Waals surface area contributed by atoms with Crippen LogP contribution in [-0.2, 0) is 6.54 Å². The van der Waals surface area contributed by atoms with Gasteiger partial charge >= 0.3 is 0 Å². The first-order chi connectivity index (χ1) is 12.6. The Labute approximate surface area is 146 Å². The molecule has 0 fully saturated rings. The van der Waals surface area contributed by atoms with Crippen LogP contribution in [0.1, 0.15) is 20.8 Å². The third kappa shape index (κ3) is 2.46. The van der Waals surface area contributed by atoms with Crippen molar-refractivity contribution in [3.05, 3.63) is 76.3 Å². The summed E-state index contributed by atoms with van der Waals surface area (Å²) in [6.45, 7) is -0.369. The van der Waals surface area contributed by atoms with Crippen LogP contribution in [0.3, 0.4) is 0 Å². The minimum atomic E-state index is -1.51. The molecule has 2 heterocycles. The molecule has 0 aliphatic rings. The molecular weight excluding hydrogens is 334 g/mol. The smallest absolute Gasteiger partial charge is 0.275 e. The number of carboxylic acid groups (broad SMARTS) is 1. The minimum absolute atomic E-state index is 0.174. The molecular formula is C19H12N3O4-. The van der Waals surface area contributed by atoms with Crippen LogP contribution < -0.4 is 10.7 Å². The van der Waals surface area contributed by atoms with Crippen LogP contribution in [0.25, 0.3) is 21.7 Å². The summed E-state index contributed by atoms with van der Waals surface area (Å²) in [6.07, 6.45) is 1.57. The van der Waals surface area contributed by atoms with Crippen molar-refractivity contribution in [3.63, 3.8) is 0 Å². The molecule has 4 rings (SSSR count). The van der Waals surface area contributed by atoms with Gasteiger partial charge in [-0.25, -0.2) is 4.68 Å². The van der Waals surface area contributed by atoms with Crippen molar-refractivity contribution in [2.24, 2.45) is 0 Å². The number of aromatic amines is 1. The van der Waals surface area contributed by atoms with Crippen LogP contribution >= 0.6 is 0 Å². The first kappa shape index (κ1) is 15.8. The fraction of sp³-hybridized carbons (Fsp3) is 0.0526. The Morgan fingerprint density at radius 3 is 2.38 bits per heavy atom. The van der Waals surface area contributed by atoms with E-state index in [9.17, 15) is 19.5 Å². The zero-order valence-electron chi connectivity index (χ0n) is 13.4. The van der Waals surface area contributed by atoms with E-state index in [2.05, 4.69) is 10.1 Å². The number of benzene rings is 2. The number of aromatic carboxylic acids is 1. The summed E-state index contributed by atoms with van der Waals surface area (Å²) < 4.78 is 0.873. The maximum Gasteiger partial charge on any atom is 0.275 e. The van der Waals surface area contributed by atoms with Gasteiger partial charge in [0.1, 0.15) is 12.2 Å². The molecule has 1 N–H and O–H groups in total. The molecule has 0 aliphatic carbocycles. The lowest BCUT2D eigenvalue weighted by Crippen LogP contribution is -2.32. The van der Waals surface area contributed by atoms with Gasteiger partial charge < -0.3 is 14.9 Å². The van der Waals surface area contributed by atoms with Crippen LogP contribution in [0.15, 0.2) is 59.5 Å². The number of carbonyl (C=O) groups excluding carboxylic acids is 2. The monoisotopic (exact) mass is 346 g/mol. The molecule has 128 valence electrons. The molecule has 0 spiro atoms. The highest BCUT2D eigenvalue weighted by Crippen LogP contribution is 2.19. The molecule has 2 aromatic heterocycles. The number of para-hydroxylation sites is 1. The topological polar surface area (TPSA) is 108 Å². The summed E-state index contributed by atoms with van der Waals surface area (Å²) in [4.78, 5) is 39.7. The number of Topliss-reactive ketones (excluding diaryl/α,β-unsaturated/α-hetero) is 1. The van der Waals surface area contributed by atoms with Gasteiger partial charge in [0.05, 0.1) is 11.4 Å². The van der Waals surface area contributed by atoms with Gasteiger partial charge in [0, 0.05) is 28.0 Å². The van der Waals surface area contributed by atoms with Gasteiger partial charge in [-0.2, -0.15) is 5.10 Å². The molecule has 2 aromatic carbocycles. The maximum atomic E-state index is 12.7. The summed E-state index contributed by atoms with van der Waals surface area (Å²) >= 11 is 0. The summed E-state index contributed by atoms with van der Waals surface area (Å²) in [5.74, 6) is -1.86. The zero-order valence-corrected chi connectivity index (χ0v) is 13.4. The number of ketones is 1. The van der Waals surface area contributed by atoms with Crippen molar-refractivity contribution in [2.45, 2.75) is 6.54 Å². The number of rotatable bonds is 4. The number of carbonyl (C=O) groups is 2. The van der Waals surface area contributed by atoms with Crippen LogP contribution in [0.2, 0.25) is 0 Å². The van der Waals surface area contributed by atoms with Gasteiger partial charge in [0.25, 0.3) is 5.56 Å². The molecule has 26 heavy (non-hydrogen) atoms. The van der Waals surface area contributed by atoms with Crippen molar-refractivity contribution >= 4 is 33.4 Å². The second-order valence-electron chi connectivity index (χ2n) is 5.82. The van der Waals surface area contributed by atoms with Gasteiger partial charge in [-0.15, -0.1) is 0 Å². The first-order valence-electron chi connectivity index (χ1n) is 7.87. The van der Waals surface area contributed by atoms with Crippen LogP contribution in [0.5, 0.6) is 0 Å². The summed E-state index contributed by atoms with van der Waals surface area (Å²) in [7, 11) is 0. The van der Waals surface area contributed by atoms with Gasteiger partial charge in [-0.1, -0.05) is 36.4 Å². The van der Waals surface area contributed by atoms with E-state index < -0.39 is 11.5 Å². The highest BCUT2D eigenvalue weighted by Gasteiger charge is 2.16. The fourth-order valence-electron chi connectivity index (χ4n) is 3.02. The highest BCUT2D eigenvalue weighted by atomic mass is 16.4. The van der Waals surface area contributed by atoms with E-state index in [-0.39, 0.29) is 28.8 Å². The standard InChI is InChI=1S/C19H13N3O4/c23-16(14-9-20-15-8-4-3-5-11(14)15)10-22-18(24)13-7-2-1-6-12(13)17(21-22)19(25)26/h1-9,20H,10H2,(H,25,26)/p-1. The van der Waals surface area contributed by atoms with Crippen LogP contribution in [0, 0.1) is 0 Å². The predicted molar refractivity (Wildman–Crippen MR) is 93.0 cm³/mol. The lowest BCUT2D eigenvalue weighted by Gasteiger charge is -2.11. The van der Waals surface area contributed by atoms with E-state index in [0.717, 1.165) is 15.6 Å². The van der Waals surface area contributed by atoms with E-state index in [1.165, 1.54) is 12.1 Å². The quantitative estimate of drug-likeness (QED) is 0.557. The number of H-pyrrole nitrogens is 1. The SMILES string of the molecule is O=C(Cn1nc(C(=O)[O-])c2ccccc2c1=O)c1c[nH]c2ccccc12. The summed E-state index contributed by atoms with van der Waals surface area (Å²) in [5.41, 5.74) is 0.313. The normalized spacial score (nSPS) is 11.1. The van der Waals surface area contributed by atoms with Gasteiger partial charge in [-0.05, 0) is 12.1 Å². The molecule has 0 saturated carbocycles. The molecule has 7 heteroatoms. The molecule has 4 aromatic rings. The number of aromatic nitrogens is 3.